The van der Waals surface area contributed by atoms with Crippen LogP contribution in [-0.4, -0.2) is 83.3 Å². The van der Waals surface area contributed by atoms with Gasteiger partial charge in [0.2, 0.25) is 5.91 Å². The lowest BCUT2D eigenvalue weighted by Gasteiger charge is -2.49. The summed E-state index contributed by atoms with van der Waals surface area (Å²) in [5, 5.41) is 14.1. The zero-order valence-electron chi connectivity index (χ0n) is 23.7. The summed E-state index contributed by atoms with van der Waals surface area (Å²) in [6.45, 7) is 9.84. The van der Waals surface area contributed by atoms with Crippen molar-refractivity contribution in [2.75, 3.05) is 49.1 Å². The van der Waals surface area contributed by atoms with Gasteiger partial charge in [0.05, 0.1) is 25.0 Å². The van der Waals surface area contributed by atoms with Gasteiger partial charge in [0, 0.05) is 50.7 Å². The quantitative estimate of drug-likeness (QED) is 0.565. The monoisotopic (exact) mass is 556 g/mol. The third kappa shape index (κ3) is 6.07. The van der Waals surface area contributed by atoms with Gasteiger partial charge < -0.3 is 25.1 Å². The van der Waals surface area contributed by atoms with Crippen LogP contribution in [0.4, 0.5) is 20.4 Å². The molecule has 1 aliphatic carbocycles. The van der Waals surface area contributed by atoms with E-state index in [-0.39, 0.29) is 48.2 Å². The van der Waals surface area contributed by atoms with E-state index < -0.39 is 5.82 Å². The number of piperidine rings is 1. The van der Waals surface area contributed by atoms with Gasteiger partial charge in [0.1, 0.15) is 23.3 Å². The summed E-state index contributed by atoms with van der Waals surface area (Å²) in [5.74, 6) is 1.69. The highest BCUT2D eigenvalue weighted by Gasteiger charge is 2.45. The number of pyridine rings is 2. The van der Waals surface area contributed by atoms with Gasteiger partial charge in [-0.15, -0.1) is 0 Å². The number of aliphatic hydroxyl groups is 1. The summed E-state index contributed by atoms with van der Waals surface area (Å²) in [7, 11) is 0. The van der Waals surface area contributed by atoms with E-state index in [1.54, 1.807) is 12.1 Å². The molecule has 1 amide bonds. The fourth-order valence-electron chi connectivity index (χ4n) is 7.29. The molecule has 5 rings (SSSR count). The van der Waals surface area contributed by atoms with Crippen LogP contribution in [0.25, 0.3) is 0 Å². The number of hydrogen-bond donors (Lipinski definition) is 2. The Morgan fingerprint density at radius 1 is 0.950 bits per heavy atom. The molecule has 2 N–H and O–H groups in total. The van der Waals surface area contributed by atoms with Crippen molar-refractivity contribution in [1.29, 1.82) is 0 Å². The number of aromatic nitrogens is 2. The maximum atomic E-state index is 14.0. The minimum Gasteiger partial charge on any atom is -0.394 e. The van der Waals surface area contributed by atoms with Crippen molar-refractivity contribution >= 4 is 17.5 Å². The molecule has 0 bridgehead atoms. The topological polar surface area (TPSA) is 84.8 Å². The molecule has 2 saturated heterocycles. The second-order valence-corrected chi connectivity index (χ2v) is 12.0. The molecule has 0 spiro atoms. The predicted octanol–water partition coefficient (Wildman–Crippen LogP) is 3.32. The van der Waals surface area contributed by atoms with Crippen LogP contribution in [0.2, 0.25) is 0 Å². The molecule has 5 unspecified atom stereocenters. The third-order valence-electron chi connectivity index (χ3n) is 9.36. The Morgan fingerprint density at radius 3 is 2.20 bits per heavy atom. The first-order chi connectivity index (χ1) is 19.2. The summed E-state index contributed by atoms with van der Waals surface area (Å²) in [4.78, 5) is 28.5. The molecule has 1 saturated carbocycles. The summed E-state index contributed by atoms with van der Waals surface area (Å²) in [6, 6.07) is 6.52. The molecule has 4 heterocycles. The molecule has 6 atom stereocenters. The third-order valence-corrected chi connectivity index (χ3v) is 9.36. The molecular weight excluding hydrogens is 514 g/mol. The zero-order valence-corrected chi connectivity index (χ0v) is 23.7. The van der Waals surface area contributed by atoms with Crippen LogP contribution >= 0.6 is 0 Å². The van der Waals surface area contributed by atoms with Gasteiger partial charge in [-0.2, -0.15) is 0 Å². The van der Waals surface area contributed by atoms with Gasteiger partial charge in [-0.25, -0.2) is 18.7 Å². The number of carbonyl (C=O) groups is 1. The fraction of sp³-hybridized carbons (Fsp3) is 0.633. The number of nitrogens with zero attached hydrogens (tertiary/aromatic N) is 5. The van der Waals surface area contributed by atoms with E-state index in [0.717, 1.165) is 38.2 Å². The number of aliphatic hydroxyl groups excluding tert-OH is 1. The predicted molar refractivity (Wildman–Crippen MR) is 151 cm³/mol. The highest BCUT2D eigenvalue weighted by molar-refractivity contribution is 5.80. The first-order valence-corrected chi connectivity index (χ1v) is 14.7. The molecule has 40 heavy (non-hydrogen) atoms. The maximum Gasteiger partial charge on any atom is 0.226 e. The first-order valence-electron chi connectivity index (χ1n) is 14.7. The van der Waals surface area contributed by atoms with E-state index in [4.69, 9.17) is 0 Å². The van der Waals surface area contributed by atoms with Gasteiger partial charge in [0.25, 0.3) is 0 Å². The standard InChI is InChI=1S/C30H42F2N6O2/c1-19-14-20(2)29(35-24-8-10-36(11-9-24)26-6-4-22(31)15-33-26)21(3)28(19)30(40)37-12-13-38(25(17-37)18-39)27-7-5-23(32)16-34-27/h4-7,15-16,19-21,24-25,28-29,35,39H,8-14,17-18H2,1-3H3/t19?,20?,21?,25-,28?,29?/m0/s1. The molecule has 2 aromatic heterocycles. The molecule has 10 heteroatoms. The number of hydrogen-bond acceptors (Lipinski definition) is 7. The summed E-state index contributed by atoms with van der Waals surface area (Å²) >= 11 is 0. The van der Waals surface area contributed by atoms with Gasteiger partial charge in [-0.05, 0) is 61.3 Å². The van der Waals surface area contributed by atoms with Crippen molar-refractivity contribution in [1.82, 2.24) is 20.2 Å². The van der Waals surface area contributed by atoms with Crippen LogP contribution in [-0.2, 0) is 4.79 Å². The lowest BCUT2D eigenvalue weighted by atomic mass is 9.65. The molecule has 2 aliphatic heterocycles. The largest absolute Gasteiger partial charge is 0.394 e. The number of rotatable bonds is 6. The Balaban J connectivity index is 1.20. The van der Waals surface area contributed by atoms with E-state index in [9.17, 15) is 18.7 Å². The second kappa shape index (κ2) is 12.3. The summed E-state index contributed by atoms with van der Waals surface area (Å²) in [5.41, 5.74) is 0. The summed E-state index contributed by atoms with van der Waals surface area (Å²) in [6.07, 6.45) is 5.39. The van der Waals surface area contributed by atoms with Crippen molar-refractivity contribution in [3.8, 4) is 0 Å². The summed E-state index contributed by atoms with van der Waals surface area (Å²) < 4.78 is 26.7. The number of amides is 1. The van der Waals surface area contributed by atoms with Crippen molar-refractivity contribution in [2.45, 2.75) is 58.2 Å². The Labute approximate surface area is 235 Å². The molecule has 3 fully saturated rings. The van der Waals surface area contributed by atoms with Gasteiger partial charge in [-0.1, -0.05) is 20.8 Å². The van der Waals surface area contributed by atoms with Crippen molar-refractivity contribution in [2.24, 2.45) is 23.7 Å². The molecule has 3 aliphatic rings. The lowest BCUT2D eigenvalue weighted by molar-refractivity contribution is -0.143. The highest BCUT2D eigenvalue weighted by Crippen LogP contribution is 2.40. The van der Waals surface area contributed by atoms with Crippen LogP contribution in [0.15, 0.2) is 36.7 Å². The maximum absolute atomic E-state index is 14.0. The first kappa shape index (κ1) is 28.7. The van der Waals surface area contributed by atoms with E-state index in [2.05, 4.69) is 41.0 Å². The minimum absolute atomic E-state index is 0.0907. The number of nitrogens with one attached hydrogen (secondary N) is 1. The van der Waals surface area contributed by atoms with Crippen LogP contribution in [0.5, 0.6) is 0 Å². The smallest absolute Gasteiger partial charge is 0.226 e. The molecule has 2 aromatic rings. The Kier molecular flexibility index (Phi) is 8.85. The van der Waals surface area contributed by atoms with Crippen LogP contribution in [0.3, 0.4) is 0 Å². The molecular formula is C30H42F2N6O2. The minimum atomic E-state index is -0.397. The number of halogens is 2. The molecule has 218 valence electrons. The Hall–Kier alpha value is -2.85. The van der Waals surface area contributed by atoms with E-state index in [1.807, 2.05) is 9.80 Å². The van der Waals surface area contributed by atoms with Crippen LogP contribution < -0.4 is 15.1 Å². The zero-order chi connectivity index (χ0) is 28.4. The Bertz CT molecular complexity index is 1130. The molecule has 0 radical (unpaired) electrons. The Morgan fingerprint density at radius 2 is 1.60 bits per heavy atom. The van der Waals surface area contributed by atoms with E-state index in [0.29, 0.717) is 37.4 Å². The van der Waals surface area contributed by atoms with Crippen LogP contribution in [0, 0.1) is 35.3 Å². The average Bonchev–Trinajstić information content (AvgIpc) is 2.96. The highest BCUT2D eigenvalue weighted by atomic mass is 19.1. The van der Waals surface area contributed by atoms with Crippen molar-refractivity contribution in [3.05, 3.63) is 48.3 Å². The molecule has 8 nitrogen and oxygen atoms in total. The normalized spacial score (nSPS) is 30.0. The van der Waals surface area contributed by atoms with E-state index >= 15 is 0 Å². The fourth-order valence-corrected chi connectivity index (χ4v) is 7.29. The SMILES string of the molecule is CC1CC(C)C(C(=O)N2CCN(c3ccc(F)cn3)[C@H](CO)C2)C(C)C1NC1CCN(c2ccc(F)cn2)CC1. The average molecular weight is 557 g/mol. The van der Waals surface area contributed by atoms with Crippen molar-refractivity contribution < 1.29 is 18.7 Å². The molecule has 0 aromatic carbocycles. The van der Waals surface area contributed by atoms with Gasteiger partial charge in [-0.3, -0.25) is 4.79 Å². The number of carbonyl (C=O) groups excluding carboxylic acids is 1. The number of piperazine rings is 1. The number of anilines is 2. The van der Waals surface area contributed by atoms with Crippen LogP contribution in [0.1, 0.15) is 40.0 Å². The lowest BCUT2D eigenvalue weighted by Crippen LogP contribution is -2.61. The van der Waals surface area contributed by atoms with Gasteiger partial charge >= 0.3 is 0 Å². The second-order valence-electron chi connectivity index (χ2n) is 12.0. The van der Waals surface area contributed by atoms with Gasteiger partial charge in [0.15, 0.2) is 0 Å². The van der Waals surface area contributed by atoms with Crippen molar-refractivity contribution in [3.63, 3.8) is 0 Å². The van der Waals surface area contributed by atoms with E-state index in [1.165, 1.54) is 24.5 Å².